The number of rotatable bonds is 10. The summed E-state index contributed by atoms with van der Waals surface area (Å²) in [6.07, 6.45) is -0.520. The van der Waals surface area contributed by atoms with Gasteiger partial charge in [0.2, 0.25) is 5.91 Å². The lowest BCUT2D eigenvalue weighted by molar-refractivity contribution is -0.146. The molecule has 168 valence electrons. The number of amides is 2. The zero-order valence-electron chi connectivity index (χ0n) is 18.1. The van der Waals surface area contributed by atoms with E-state index >= 15 is 0 Å². The van der Waals surface area contributed by atoms with E-state index in [4.69, 9.17) is 14.7 Å². The number of carbonyl (C=O) groups excluding carboxylic acids is 3. The minimum atomic E-state index is -1.02. The van der Waals surface area contributed by atoms with E-state index < -0.39 is 36.0 Å². The summed E-state index contributed by atoms with van der Waals surface area (Å²) in [5, 5.41) is 14.2. The Labute approximate surface area is 187 Å². The van der Waals surface area contributed by atoms with Gasteiger partial charge in [-0.25, -0.2) is 9.59 Å². The molecule has 0 aliphatic rings. The SMILES string of the molecule is COC(=O)[C@@H](NC(=O)[C@H](Cc1ccccc1)NC(=O)OCc1ccccc1)[C@H](C)CC#N. The summed E-state index contributed by atoms with van der Waals surface area (Å²) in [6, 6.07) is 18.3. The van der Waals surface area contributed by atoms with Gasteiger partial charge in [-0.1, -0.05) is 67.6 Å². The molecule has 0 spiro atoms. The van der Waals surface area contributed by atoms with Crippen molar-refractivity contribution in [2.45, 2.75) is 38.5 Å². The van der Waals surface area contributed by atoms with E-state index in [1.165, 1.54) is 7.11 Å². The van der Waals surface area contributed by atoms with Gasteiger partial charge in [-0.3, -0.25) is 4.79 Å². The molecule has 2 aromatic rings. The largest absolute Gasteiger partial charge is 0.467 e. The number of benzene rings is 2. The summed E-state index contributed by atoms with van der Waals surface area (Å²) in [5.41, 5.74) is 1.62. The van der Waals surface area contributed by atoms with Crippen LogP contribution in [0.4, 0.5) is 4.79 Å². The van der Waals surface area contributed by atoms with Gasteiger partial charge in [-0.2, -0.15) is 5.26 Å². The number of esters is 1. The molecule has 0 saturated carbocycles. The van der Waals surface area contributed by atoms with Crippen LogP contribution in [0.5, 0.6) is 0 Å². The van der Waals surface area contributed by atoms with Crippen LogP contribution in [-0.4, -0.2) is 37.2 Å². The zero-order valence-corrected chi connectivity index (χ0v) is 18.1. The summed E-state index contributed by atoms with van der Waals surface area (Å²) in [6.45, 7) is 1.72. The smallest absolute Gasteiger partial charge is 0.408 e. The van der Waals surface area contributed by atoms with E-state index in [9.17, 15) is 14.4 Å². The third kappa shape index (κ3) is 7.76. The predicted molar refractivity (Wildman–Crippen MR) is 117 cm³/mol. The molecule has 0 fully saturated rings. The standard InChI is InChI=1S/C24H27N3O5/c1-17(13-14-25)21(23(29)31-2)27-22(28)20(15-18-9-5-3-6-10-18)26-24(30)32-16-19-11-7-4-8-12-19/h3-12,17,20-21H,13,15-16H2,1-2H3,(H,26,30)(H,27,28)/t17-,20+,21+/m1/s1. The molecule has 0 radical (unpaired) electrons. The Hall–Kier alpha value is -3.86. The molecule has 0 saturated heterocycles. The molecular formula is C24H27N3O5. The summed E-state index contributed by atoms with van der Waals surface area (Å²) < 4.78 is 10.0. The highest BCUT2D eigenvalue weighted by molar-refractivity contribution is 5.90. The first-order valence-corrected chi connectivity index (χ1v) is 10.2. The third-order valence-electron chi connectivity index (χ3n) is 4.84. The normalized spacial score (nSPS) is 13.0. The van der Waals surface area contributed by atoms with Crippen molar-refractivity contribution in [3.8, 4) is 6.07 Å². The number of ether oxygens (including phenoxy) is 2. The number of alkyl carbamates (subject to hydrolysis) is 1. The quantitative estimate of drug-likeness (QED) is 0.552. The molecule has 8 nitrogen and oxygen atoms in total. The fourth-order valence-electron chi connectivity index (χ4n) is 3.04. The maximum absolute atomic E-state index is 13.0. The van der Waals surface area contributed by atoms with Crippen molar-refractivity contribution in [1.29, 1.82) is 5.26 Å². The fraction of sp³-hybridized carbons (Fsp3) is 0.333. The molecule has 2 N–H and O–H groups in total. The minimum absolute atomic E-state index is 0.0515. The van der Waals surface area contributed by atoms with Crippen molar-refractivity contribution < 1.29 is 23.9 Å². The third-order valence-corrected chi connectivity index (χ3v) is 4.84. The molecule has 0 aliphatic carbocycles. The van der Waals surface area contributed by atoms with Gasteiger partial charge in [0.15, 0.2) is 0 Å². The molecule has 2 rings (SSSR count). The van der Waals surface area contributed by atoms with E-state index in [-0.39, 0.29) is 19.4 Å². The molecule has 0 aliphatic heterocycles. The second kappa shape index (κ2) is 12.7. The van der Waals surface area contributed by atoms with Crippen molar-refractivity contribution in [2.24, 2.45) is 5.92 Å². The molecule has 0 heterocycles. The number of carbonyl (C=O) groups is 3. The number of hydrogen-bond donors (Lipinski definition) is 2. The van der Waals surface area contributed by atoms with Gasteiger partial charge in [0.1, 0.15) is 18.7 Å². The van der Waals surface area contributed by atoms with E-state index in [0.717, 1.165) is 11.1 Å². The summed E-state index contributed by atoms with van der Waals surface area (Å²) in [5.74, 6) is -1.71. The van der Waals surface area contributed by atoms with Gasteiger partial charge in [0.05, 0.1) is 13.2 Å². The molecule has 3 atom stereocenters. The van der Waals surface area contributed by atoms with E-state index in [1.54, 1.807) is 6.92 Å². The molecule has 0 unspecified atom stereocenters. The monoisotopic (exact) mass is 437 g/mol. The molecule has 8 heteroatoms. The number of nitriles is 1. The van der Waals surface area contributed by atoms with E-state index in [1.807, 2.05) is 66.7 Å². The second-order valence-electron chi connectivity index (χ2n) is 7.30. The van der Waals surface area contributed by atoms with Gasteiger partial charge in [-0.15, -0.1) is 0 Å². The lowest BCUT2D eigenvalue weighted by atomic mass is 9.98. The molecular weight excluding hydrogens is 410 g/mol. The van der Waals surface area contributed by atoms with Gasteiger partial charge >= 0.3 is 12.1 Å². The first-order valence-electron chi connectivity index (χ1n) is 10.2. The number of nitrogens with one attached hydrogen (secondary N) is 2. The number of methoxy groups -OCH3 is 1. The van der Waals surface area contributed by atoms with Gasteiger partial charge in [0, 0.05) is 18.8 Å². The second-order valence-corrected chi connectivity index (χ2v) is 7.30. The van der Waals surface area contributed by atoms with Crippen LogP contribution in [0.1, 0.15) is 24.5 Å². The lowest BCUT2D eigenvalue weighted by Gasteiger charge is -2.25. The van der Waals surface area contributed by atoms with Gasteiger partial charge < -0.3 is 20.1 Å². The predicted octanol–water partition coefficient (Wildman–Crippen LogP) is 2.73. The summed E-state index contributed by atoms with van der Waals surface area (Å²) >= 11 is 0. The van der Waals surface area contributed by atoms with Crippen LogP contribution < -0.4 is 10.6 Å². The molecule has 0 bridgehead atoms. The van der Waals surface area contributed by atoms with E-state index in [2.05, 4.69) is 10.6 Å². The highest BCUT2D eigenvalue weighted by Crippen LogP contribution is 2.11. The van der Waals surface area contributed by atoms with Gasteiger partial charge in [-0.05, 0) is 11.1 Å². The average molecular weight is 437 g/mol. The maximum Gasteiger partial charge on any atom is 0.408 e. The first kappa shape index (κ1) is 24.4. The van der Waals surface area contributed by atoms with Crippen LogP contribution in [0.2, 0.25) is 0 Å². The zero-order chi connectivity index (χ0) is 23.3. The lowest BCUT2D eigenvalue weighted by Crippen LogP contribution is -2.54. The maximum atomic E-state index is 13.0. The Morgan fingerprint density at radius 1 is 0.969 bits per heavy atom. The van der Waals surface area contributed by atoms with Crippen molar-refractivity contribution >= 4 is 18.0 Å². The van der Waals surface area contributed by atoms with Crippen LogP contribution in [0.3, 0.4) is 0 Å². The highest BCUT2D eigenvalue weighted by Gasteiger charge is 2.31. The van der Waals surface area contributed by atoms with Crippen LogP contribution in [0, 0.1) is 17.2 Å². The van der Waals surface area contributed by atoms with Crippen molar-refractivity contribution in [1.82, 2.24) is 10.6 Å². The molecule has 0 aromatic heterocycles. The van der Waals surface area contributed by atoms with Crippen LogP contribution in [0.15, 0.2) is 60.7 Å². The summed E-state index contributed by atoms with van der Waals surface area (Å²) in [4.78, 5) is 37.6. The van der Waals surface area contributed by atoms with Crippen molar-refractivity contribution in [3.05, 3.63) is 71.8 Å². The number of hydrogen-bond acceptors (Lipinski definition) is 6. The van der Waals surface area contributed by atoms with Crippen LogP contribution >= 0.6 is 0 Å². The Balaban J connectivity index is 2.11. The van der Waals surface area contributed by atoms with Crippen LogP contribution in [0.25, 0.3) is 0 Å². The Bertz CT molecular complexity index is 928. The van der Waals surface area contributed by atoms with Crippen LogP contribution in [-0.2, 0) is 32.1 Å². The first-order chi connectivity index (χ1) is 15.4. The fourth-order valence-corrected chi connectivity index (χ4v) is 3.04. The summed E-state index contributed by atoms with van der Waals surface area (Å²) in [7, 11) is 1.21. The van der Waals surface area contributed by atoms with Crippen molar-refractivity contribution in [3.63, 3.8) is 0 Å². The molecule has 2 aromatic carbocycles. The minimum Gasteiger partial charge on any atom is -0.467 e. The number of nitrogens with zero attached hydrogens (tertiary/aromatic N) is 1. The Morgan fingerprint density at radius 2 is 1.56 bits per heavy atom. The molecule has 2 amide bonds. The topological polar surface area (TPSA) is 118 Å². The Morgan fingerprint density at radius 3 is 2.12 bits per heavy atom. The molecule has 32 heavy (non-hydrogen) atoms. The highest BCUT2D eigenvalue weighted by atomic mass is 16.5. The van der Waals surface area contributed by atoms with Gasteiger partial charge in [0.25, 0.3) is 0 Å². The Kier molecular flexibility index (Phi) is 9.72. The van der Waals surface area contributed by atoms with E-state index in [0.29, 0.717) is 0 Å². The average Bonchev–Trinajstić information content (AvgIpc) is 2.81. The van der Waals surface area contributed by atoms with Crippen molar-refractivity contribution in [2.75, 3.05) is 7.11 Å².